The molecule has 4 heterocycles. The minimum atomic E-state index is -3.48. The van der Waals surface area contributed by atoms with E-state index in [4.69, 9.17) is 21.1 Å². The summed E-state index contributed by atoms with van der Waals surface area (Å²) in [5, 5.41) is 25.6. The number of nitrogens with zero attached hydrogens (tertiary/aromatic N) is 6. The number of carboxylic acid groups (broad SMARTS) is 1. The van der Waals surface area contributed by atoms with Crippen molar-refractivity contribution in [2.45, 2.75) is 50.8 Å². The van der Waals surface area contributed by atoms with E-state index in [0.29, 0.717) is 54.3 Å². The van der Waals surface area contributed by atoms with E-state index in [9.17, 15) is 27.9 Å². The van der Waals surface area contributed by atoms with Gasteiger partial charge in [0.2, 0.25) is 6.30 Å². The van der Waals surface area contributed by atoms with Gasteiger partial charge in [-0.25, -0.2) is 22.9 Å². The summed E-state index contributed by atoms with van der Waals surface area (Å²) in [6, 6.07) is 15.6. The van der Waals surface area contributed by atoms with Crippen molar-refractivity contribution in [2.75, 3.05) is 13.1 Å². The molecule has 15 heteroatoms. The number of furan rings is 1. The van der Waals surface area contributed by atoms with Crippen molar-refractivity contribution in [3.63, 3.8) is 0 Å². The van der Waals surface area contributed by atoms with Gasteiger partial charge in [-0.2, -0.15) is 5.10 Å². The molecule has 11 nitrogen and oxygen atoms in total. The number of aromatic nitrogens is 4. The predicted molar refractivity (Wildman–Crippen MR) is 171 cm³/mol. The van der Waals surface area contributed by atoms with E-state index in [1.54, 1.807) is 25.4 Å². The van der Waals surface area contributed by atoms with Gasteiger partial charge in [0.1, 0.15) is 11.3 Å². The van der Waals surface area contributed by atoms with Crippen molar-refractivity contribution < 1.29 is 32.6 Å². The third kappa shape index (κ3) is 6.82. The molecule has 1 amide bonds. The minimum Gasteiger partial charge on any atom is -0.465 e. The summed E-state index contributed by atoms with van der Waals surface area (Å²) in [5.41, 5.74) is 2.07. The number of carbonyl (C=O) groups is 1. The SMILES string of the molecule is Cn1nc2c(=O)n(CC3(O)CCN(Cc4ccc(-c5ccco5)cc4Cl)CC3)cnc2c1-c1ccc(CN(C(=O)O)C(F)C(F)F)cc1. The second kappa shape index (κ2) is 13.5. The van der Waals surface area contributed by atoms with Crippen LogP contribution in [0, 0.1) is 0 Å². The Balaban J connectivity index is 1.13. The molecular weight excluding hydrogens is 653 g/mol. The number of piperidine rings is 1. The maximum Gasteiger partial charge on any atom is 0.410 e. The quantitative estimate of drug-likeness (QED) is 0.177. The summed E-state index contributed by atoms with van der Waals surface area (Å²) in [4.78, 5) is 31.5. The minimum absolute atomic E-state index is 0.0262. The van der Waals surface area contributed by atoms with E-state index in [0.717, 1.165) is 16.9 Å². The van der Waals surface area contributed by atoms with Crippen molar-refractivity contribution in [2.24, 2.45) is 7.05 Å². The summed E-state index contributed by atoms with van der Waals surface area (Å²) < 4.78 is 47.7. The summed E-state index contributed by atoms with van der Waals surface area (Å²) in [6.45, 7) is 1.27. The lowest BCUT2D eigenvalue weighted by Gasteiger charge is -2.38. The number of amides is 1. The molecule has 1 fully saturated rings. The fraction of sp³-hybridized carbons (Fsp3) is 0.333. The highest BCUT2D eigenvalue weighted by atomic mass is 35.5. The fourth-order valence-electron chi connectivity index (χ4n) is 6.01. The summed E-state index contributed by atoms with van der Waals surface area (Å²) in [6.07, 6.45) is -4.40. The third-order valence-corrected chi connectivity index (χ3v) is 9.00. The standard InChI is InChI=1S/C33H32ClF3N6O5/c1-40-28(21-6-4-20(5-7-21)16-43(32(45)46)30(37)29(35)36)26-27(39-40)31(44)42(19-38-26)18-33(47)10-12-41(13-11-33)17-23-9-8-22(15-24(23)34)25-3-2-14-48-25/h2-9,14-15,19,29-30,47H,10-13,16-18H2,1H3,(H,45,46). The molecule has 6 rings (SSSR count). The van der Waals surface area contributed by atoms with E-state index in [-0.39, 0.29) is 22.5 Å². The molecule has 2 aromatic carbocycles. The number of fused-ring (bicyclic) bond motifs is 1. The molecule has 48 heavy (non-hydrogen) atoms. The highest BCUT2D eigenvalue weighted by molar-refractivity contribution is 6.31. The number of alkyl halides is 3. The highest BCUT2D eigenvalue weighted by Crippen LogP contribution is 2.30. The third-order valence-electron chi connectivity index (χ3n) is 8.65. The molecule has 0 radical (unpaired) electrons. The van der Waals surface area contributed by atoms with Gasteiger partial charge in [-0.05, 0) is 42.2 Å². The lowest BCUT2D eigenvalue weighted by Crippen LogP contribution is -2.47. The van der Waals surface area contributed by atoms with E-state index in [1.807, 2.05) is 30.3 Å². The Morgan fingerprint density at radius 3 is 2.42 bits per heavy atom. The Labute approximate surface area is 277 Å². The number of likely N-dealkylation sites (tertiary alicyclic amines) is 1. The summed E-state index contributed by atoms with van der Waals surface area (Å²) in [5.74, 6) is 0.737. The van der Waals surface area contributed by atoms with Crippen LogP contribution in [0.2, 0.25) is 5.02 Å². The van der Waals surface area contributed by atoms with Crippen LogP contribution in [0.5, 0.6) is 0 Å². The molecule has 0 bridgehead atoms. The predicted octanol–water partition coefficient (Wildman–Crippen LogP) is 5.78. The van der Waals surface area contributed by atoms with Crippen LogP contribution in [0.4, 0.5) is 18.0 Å². The van der Waals surface area contributed by atoms with Gasteiger partial charge in [-0.3, -0.25) is 23.8 Å². The monoisotopic (exact) mass is 684 g/mol. The van der Waals surface area contributed by atoms with Crippen LogP contribution in [0.25, 0.3) is 33.6 Å². The molecule has 1 saturated heterocycles. The zero-order valence-corrected chi connectivity index (χ0v) is 26.5. The van der Waals surface area contributed by atoms with E-state index in [1.165, 1.54) is 27.7 Å². The Morgan fingerprint density at radius 2 is 1.79 bits per heavy atom. The first-order valence-electron chi connectivity index (χ1n) is 15.1. The van der Waals surface area contributed by atoms with Crippen LogP contribution in [0.3, 0.4) is 0 Å². The molecule has 1 unspecified atom stereocenters. The number of rotatable bonds is 10. The summed E-state index contributed by atoms with van der Waals surface area (Å²) in [7, 11) is 1.64. The number of hydrogen-bond acceptors (Lipinski definition) is 7. The van der Waals surface area contributed by atoms with Crippen LogP contribution in [0.15, 0.2) is 76.4 Å². The van der Waals surface area contributed by atoms with Gasteiger partial charge in [-0.15, -0.1) is 0 Å². The molecule has 5 aromatic rings. The Morgan fingerprint density at radius 1 is 1.08 bits per heavy atom. The number of halogens is 4. The molecule has 0 aliphatic carbocycles. The zero-order valence-electron chi connectivity index (χ0n) is 25.8. The molecule has 1 atom stereocenters. The largest absolute Gasteiger partial charge is 0.465 e. The number of aliphatic hydroxyl groups is 1. The first-order valence-corrected chi connectivity index (χ1v) is 15.5. The van der Waals surface area contributed by atoms with Gasteiger partial charge in [0.05, 0.1) is 37.0 Å². The Kier molecular flexibility index (Phi) is 9.32. The van der Waals surface area contributed by atoms with Crippen LogP contribution in [-0.2, 0) is 26.7 Å². The van der Waals surface area contributed by atoms with Crippen molar-refractivity contribution in [3.05, 3.63) is 93.7 Å². The topological polar surface area (TPSA) is 130 Å². The molecule has 2 N–H and O–H groups in total. The van der Waals surface area contributed by atoms with Gasteiger partial charge in [-0.1, -0.05) is 48.0 Å². The van der Waals surface area contributed by atoms with Crippen molar-refractivity contribution in [1.29, 1.82) is 0 Å². The number of benzene rings is 2. The molecule has 1 aliphatic rings. The van der Waals surface area contributed by atoms with E-state index >= 15 is 0 Å². The molecule has 252 valence electrons. The second-order valence-electron chi connectivity index (χ2n) is 11.9. The zero-order chi connectivity index (χ0) is 34.2. The smallest absolute Gasteiger partial charge is 0.410 e. The van der Waals surface area contributed by atoms with E-state index < -0.39 is 36.5 Å². The van der Waals surface area contributed by atoms with Crippen LogP contribution in [-0.4, -0.2) is 76.8 Å². The lowest BCUT2D eigenvalue weighted by molar-refractivity contribution is -0.0419. The number of aryl methyl sites for hydroxylation is 1. The highest BCUT2D eigenvalue weighted by Gasteiger charge is 2.34. The lowest BCUT2D eigenvalue weighted by atomic mass is 9.91. The second-order valence-corrected chi connectivity index (χ2v) is 12.4. The summed E-state index contributed by atoms with van der Waals surface area (Å²) >= 11 is 6.57. The number of hydrogen-bond donors (Lipinski definition) is 2. The fourth-order valence-corrected chi connectivity index (χ4v) is 6.25. The normalized spacial score (nSPS) is 15.6. The van der Waals surface area contributed by atoms with Crippen molar-refractivity contribution in [1.82, 2.24) is 29.1 Å². The maximum atomic E-state index is 13.8. The average Bonchev–Trinajstić information content (AvgIpc) is 3.72. The van der Waals surface area contributed by atoms with Crippen molar-refractivity contribution in [3.8, 4) is 22.6 Å². The van der Waals surface area contributed by atoms with Crippen LogP contribution in [0.1, 0.15) is 24.0 Å². The molecule has 0 spiro atoms. The Hall–Kier alpha value is -4.66. The molecule has 3 aromatic heterocycles. The molecule has 0 saturated carbocycles. The molecular formula is C33H32ClF3N6O5. The van der Waals surface area contributed by atoms with Crippen molar-refractivity contribution >= 4 is 28.7 Å². The van der Waals surface area contributed by atoms with Crippen LogP contribution >= 0.6 is 11.6 Å². The van der Waals surface area contributed by atoms with Crippen LogP contribution < -0.4 is 5.56 Å². The Bertz CT molecular complexity index is 1970. The van der Waals surface area contributed by atoms with Gasteiger partial charge in [0.15, 0.2) is 5.52 Å². The maximum absolute atomic E-state index is 13.8. The van der Waals surface area contributed by atoms with Gasteiger partial charge >= 0.3 is 6.09 Å². The van der Waals surface area contributed by atoms with Gasteiger partial charge < -0.3 is 14.6 Å². The first-order chi connectivity index (χ1) is 22.9. The van der Waals surface area contributed by atoms with Gasteiger partial charge in [0.25, 0.3) is 12.0 Å². The molecule has 1 aliphatic heterocycles. The van der Waals surface area contributed by atoms with Gasteiger partial charge in [0, 0.05) is 42.8 Å². The first kappa shape index (κ1) is 33.2. The average molecular weight is 685 g/mol. The van der Waals surface area contributed by atoms with E-state index in [2.05, 4.69) is 15.0 Å².